The average Bonchev–Trinajstić information content (AvgIpc) is 3.09. The van der Waals surface area contributed by atoms with Gasteiger partial charge in [0.05, 0.1) is 0 Å². The molecule has 114 valence electrons. The molecule has 0 spiro atoms. The van der Waals surface area contributed by atoms with E-state index in [-0.39, 0.29) is 11.1 Å². The fourth-order valence-electron chi connectivity index (χ4n) is 2.21. The molecule has 0 radical (unpaired) electrons. The van der Waals surface area contributed by atoms with E-state index in [1.807, 2.05) is 20.8 Å². The second kappa shape index (κ2) is 6.24. The van der Waals surface area contributed by atoms with E-state index in [0.717, 1.165) is 24.1 Å². The van der Waals surface area contributed by atoms with E-state index in [1.54, 1.807) is 0 Å². The van der Waals surface area contributed by atoms with Crippen molar-refractivity contribution < 1.29 is 8.42 Å². The Bertz CT molecular complexity index is 549. The molecule has 20 heavy (non-hydrogen) atoms. The lowest BCUT2D eigenvalue weighted by Crippen LogP contribution is -2.33. The molecule has 1 atom stereocenters. The van der Waals surface area contributed by atoms with Gasteiger partial charge in [-0.3, -0.25) is 5.10 Å². The van der Waals surface area contributed by atoms with E-state index in [1.165, 1.54) is 12.8 Å². The predicted molar refractivity (Wildman–Crippen MR) is 77.9 cm³/mol. The zero-order chi connectivity index (χ0) is 14.8. The van der Waals surface area contributed by atoms with Gasteiger partial charge in [0.25, 0.3) is 10.0 Å². The molecular formula is C13H24N4O2S. The summed E-state index contributed by atoms with van der Waals surface area (Å²) in [5.74, 6) is 0. The number of sulfonamides is 1. The van der Waals surface area contributed by atoms with Crippen molar-refractivity contribution in [2.45, 2.75) is 70.1 Å². The highest BCUT2D eigenvalue weighted by Crippen LogP contribution is 2.22. The van der Waals surface area contributed by atoms with E-state index in [9.17, 15) is 8.42 Å². The lowest BCUT2D eigenvalue weighted by Gasteiger charge is -2.13. The summed E-state index contributed by atoms with van der Waals surface area (Å²) in [4.78, 5) is 0. The van der Waals surface area contributed by atoms with Crippen molar-refractivity contribution >= 4 is 10.0 Å². The van der Waals surface area contributed by atoms with E-state index in [2.05, 4.69) is 20.2 Å². The summed E-state index contributed by atoms with van der Waals surface area (Å²) in [6, 6.07) is 0.457. The third-order valence-corrected chi connectivity index (χ3v) is 5.07. The van der Waals surface area contributed by atoms with Crippen molar-refractivity contribution in [1.29, 1.82) is 0 Å². The zero-order valence-corrected chi connectivity index (χ0v) is 13.2. The fraction of sp³-hybridized carbons (Fsp3) is 0.769. The molecule has 1 heterocycles. The van der Waals surface area contributed by atoms with Crippen molar-refractivity contribution in [3.8, 4) is 0 Å². The van der Waals surface area contributed by atoms with Crippen LogP contribution in [0, 0.1) is 6.92 Å². The molecule has 1 aromatic rings. The van der Waals surface area contributed by atoms with Gasteiger partial charge in [-0.1, -0.05) is 13.3 Å². The van der Waals surface area contributed by atoms with Crippen LogP contribution >= 0.6 is 0 Å². The van der Waals surface area contributed by atoms with E-state index in [4.69, 9.17) is 0 Å². The summed E-state index contributed by atoms with van der Waals surface area (Å²) in [7, 11) is -3.55. The first-order valence-corrected chi connectivity index (χ1v) is 8.72. The summed E-state index contributed by atoms with van der Waals surface area (Å²) in [5, 5.41) is 10.2. The van der Waals surface area contributed by atoms with Crippen LogP contribution in [0.1, 0.15) is 50.8 Å². The Morgan fingerprint density at radius 1 is 1.45 bits per heavy atom. The van der Waals surface area contributed by atoms with Crippen LogP contribution in [0.2, 0.25) is 0 Å². The van der Waals surface area contributed by atoms with Gasteiger partial charge >= 0.3 is 0 Å². The number of nitrogens with one attached hydrogen (secondary N) is 3. The van der Waals surface area contributed by atoms with Gasteiger partial charge in [-0.05, 0) is 33.1 Å². The number of aryl methyl sites for hydroxylation is 1. The lowest BCUT2D eigenvalue weighted by atomic mass is 10.2. The number of nitrogens with zero attached hydrogens (tertiary/aromatic N) is 1. The van der Waals surface area contributed by atoms with Crippen LogP contribution in [-0.2, 0) is 16.6 Å². The number of aromatic amines is 1. The number of rotatable bonds is 8. The van der Waals surface area contributed by atoms with E-state index in [0.29, 0.717) is 12.6 Å². The molecule has 1 aliphatic carbocycles. The Kier molecular flexibility index (Phi) is 4.82. The maximum Gasteiger partial charge on any atom is 0.260 e. The number of hydrogen-bond donors (Lipinski definition) is 3. The average molecular weight is 300 g/mol. The van der Waals surface area contributed by atoms with Crippen LogP contribution in [0.4, 0.5) is 0 Å². The summed E-state index contributed by atoms with van der Waals surface area (Å²) in [6.07, 6.45) is 4.10. The highest BCUT2D eigenvalue weighted by molar-refractivity contribution is 7.89. The summed E-state index contributed by atoms with van der Waals surface area (Å²) < 4.78 is 27.5. The molecule has 1 saturated carbocycles. The standard InChI is InChI=1S/C13H24N4O2S/c1-4-5-9(2)17-20(18,19)13-12(10(3)15-16-13)8-14-11-6-7-11/h9,11,14,17H,4-8H2,1-3H3,(H,15,16). The van der Waals surface area contributed by atoms with Gasteiger partial charge in [-0.25, -0.2) is 13.1 Å². The smallest absolute Gasteiger partial charge is 0.260 e. The summed E-state index contributed by atoms with van der Waals surface area (Å²) >= 11 is 0. The van der Waals surface area contributed by atoms with Crippen LogP contribution in [0.15, 0.2) is 5.03 Å². The molecule has 7 heteroatoms. The second-order valence-corrected chi connectivity index (χ2v) is 7.23. The number of hydrogen-bond acceptors (Lipinski definition) is 4. The second-order valence-electron chi connectivity index (χ2n) is 5.60. The van der Waals surface area contributed by atoms with Gasteiger partial charge in [-0.2, -0.15) is 5.10 Å². The molecule has 0 amide bonds. The number of aromatic nitrogens is 2. The van der Waals surface area contributed by atoms with Gasteiger partial charge in [0.1, 0.15) is 0 Å². The molecule has 1 aliphatic rings. The van der Waals surface area contributed by atoms with Crippen LogP contribution < -0.4 is 10.0 Å². The molecule has 6 nitrogen and oxygen atoms in total. The molecule has 1 aromatic heterocycles. The first-order valence-electron chi connectivity index (χ1n) is 7.23. The van der Waals surface area contributed by atoms with E-state index >= 15 is 0 Å². The predicted octanol–water partition coefficient (Wildman–Crippen LogP) is 1.44. The molecule has 0 saturated heterocycles. The SMILES string of the molecule is CCCC(C)NS(=O)(=O)c1n[nH]c(C)c1CNC1CC1. The van der Waals surface area contributed by atoms with Crippen LogP contribution in [0.3, 0.4) is 0 Å². The van der Waals surface area contributed by atoms with Gasteiger partial charge in [0.15, 0.2) is 5.03 Å². The molecule has 1 unspecified atom stereocenters. The third-order valence-electron chi connectivity index (χ3n) is 3.51. The van der Waals surface area contributed by atoms with Crippen LogP contribution in [0.5, 0.6) is 0 Å². The van der Waals surface area contributed by atoms with Gasteiger partial charge in [-0.15, -0.1) is 0 Å². The maximum absolute atomic E-state index is 12.4. The Labute approximate surface area is 120 Å². The molecular weight excluding hydrogens is 276 g/mol. The van der Waals surface area contributed by atoms with E-state index < -0.39 is 10.0 Å². The molecule has 0 bridgehead atoms. The Balaban J connectivity index is 2.13. The molecule has 2 rings (SSSR count). The largest absolute Gasteiger partial charge is 0.310 e. The van der Waals surface area contributed by atoms with Crippen molar-refractivity contribution in [2.24, 2.45) is 0 Å². The van der Waals surface area contributed by atoms with Crippen molar-refractivity contribution in [2.75, 3.05) is 0 Å². The molecule has 0 aromatic carbocycles. The van der Waals surface area contributed by atoms with Gasteiger partial charge in [0, 0.05) is 29.9 Å². The van der Waals surface area contributed by atoms with Crippen molar-refractivity contribution in [1.82, 2.24) is 20.2 Å². The maximum atomic E-state index is 12.4. The van der Waals surface area contributed by atoms with Gasteiger partial charge < -0.3 is 5.32 Å². The van der Waals surface area contributed by atoms with Crippen molar-refractivity contribution in [3.63, 3.8) is 0 Å². The normalized spacial score (nSPS) is 17.4. The third kappa shape index (κ3) is 3.80. The first-order chi connectivity index (χ1) is 9.44. The Morgan fingerprint density at radius 3 is 2.75 bits per heavy atom. The summed E-state index contributed by atoms with van der Waals surface area (Å²) in [5.41, 5.74) is 1.55. The Hall–Kier alpha value is -0.920. The van der Waals surface area contributed by atoms with Crippen molar-refractivity contribution in [3.05, 3.63) is 11.3 Å². The lowest BCUT2D eigenvalue weighted by molar-refractivity contribution is 0.538. The fourth-order valence-corrected chi connectivity index (χ4v) is 3.68. The highest BCUT2D eigenvalue weighted by atomic mass is 32.2. The minimum atomic E-state index is -3.55. The van der Waals surface area contributed by atoms with Crippen LogP contribution in [-0.4, -0.2) is 30.7 Å². The quantitative estimate of drug-likeness (QED) is 0.678. The molecule has 0 aliphatic heterocycles. The zero-order valence-electron chi connectivity index (χ0n) is 12.4. The minimum Gasteiger partial charge on any atom is -0.310 e. The first kappa shape index (κ1) is 15.5. The monoisotopic (exact) mass is 300 g/mol. The minimum absolute atomic E-state index is 0.0775. The van der Waals surface area contributed by atoms with Crippen LogP contribution in [0.25, 0.3) is 0 Å². The summed E-state index contributed by atoms with van der Waals surface area (Å²) in [6.45, 7) is 6.31. The topological polar surface area (TPSA) is 86.9 Å². The highest BCUT2D eigenvalue weighted by Gasteiger charge is 2.27. The number of H-pyrrole nitrogens is 1. The Morgan fingerprint density at radius 2 is 2.15 bits per heavy atom. The molecule has 1 fully saturated rings. The van der Waals surface area contributed by atoms with Gasteiger partial charge in [0.2, 0.25) is 0 Å². The molecule has 3 N–H and O–H groups in total.